The Labute approximate surface area is 229 Å². The van der Waals surface area contributed by atoms with Crippen LogP contribution in [0.25, 0.3) is 0 Å². The Morgan fingerprint density at radius 2 is 1.41 bits per heavy atom. The molecule has 1 aromatic carbocycles. The number of anilines is 2. The third-order valence-corrected chi connectivity index (χ3v) is 8.33. The number of aromatic nitrogens is 4. The van der Waals surface area contributed by atoms with Crippen molar-refractivity contribution in [2.45, 2.75) is 51.4 Å². The summed E-state index contributed by atoms with van der Waals surface area (Å²) in [6, 6.07) is 9.96. The van der Waals surface area contributed by atoms with Crippen molar-refractivity contribution in [3.05, 3.63) is 69.7 Å². The molecule has 0 unspecified atom stereocenters. The zero-order valence-corrected chi connectivity index (χ0v) is 23.0. The molecule has 8 nitrogen and oxygen atoms in total. The predicted molar refractivity (Wildman–Crippen MR) is 152 cm³/mol. The van der Waals surface area contributed by atoms with Gasteiger partial charge in [0.2, 0.25) is 22.1 Å². The number of hydrogen-bond donors (Lipinski definition) is 2. The highest BCUT2D eigenvalue weighted by Gasteiger charge is 2.11. The van der Waals surface area contributed by atoms with Gasteiger partial charge < -0.3 is 10.6 Å². The lowest BCUT2D eigenvalue weighted by molar-refractivity contribution is -0.117. The first-order valence-corrected chi connectivity index (χ1v) is 15.1. The maximum atomic E-state index is 12.2. The maximum Gasteiger partial charge on any atom is 0.226 e. The summed E-state index contributed by atoms with van der Waals surface area (Å²) in [5, 5.41) is 25.2. The van der Waals surface area contributed by atoms with Crippen molar-refractivity contribution in [3.8, 4) is 0 Å². The lowest BCUT2D eigenvalue weighted by Gasteiger charge is -2.06. The first kappa shape index (κ1) is 27.2. The largest absolute Gasteiger partial charge is 0.301 e. The summed E-state index contributed by atoms with van der Waals surface area (Å²) < 4.78 is 0. The van der Waals surface area contributed by atoms with Crippen LogP contribution in [-0.4, -0.2) is 43.7 Å². The summed E-state index contributed by atoms with van der Waals surface area (Å²) in [4.78, 5) is 24.4. The van der Waals surface area contributed by atoms with Crippen LogP contribution in [0.2, 0.25) is 0 Å². The zero-order valence-electron chi connectivity index (χ0n) is 20.5. The minimum atomic E-state index is -0.0488. The molecule has 0 bridgehead atoms. The number of thioether (sulfide) groups is 1. The maximum absolute atomic E-state index is 12.2. The molecule has 0 saturated heterocycles. The average molecular weight is 555 g/mol. The number of hydrogen-bond acceptors (Lipinski definition) is 9. The second-order valence-electron chi connectivity index (χ2n) is 8.45. The third kappa shape index (κ3) is 9.83. The van der Waals surface area contributed by atoms with Gasteiger partial charge in [-0.25, -0.2) is 0 Å². The molecule has 3 aromatic rings. The predicted octanol–water partition coefficient (Wildman–Crippen LogP) is 5.47. The molecule has 11 heteroatoms. The van der Waals surface area contributed by atoms with Crippen molar-refractivity contribution in [3.63, 3.8) is 0 Å². The first-order chi connectivity index (χ1) is 18.1. The van der Waals surface area contributed by atoms with Crippen LogP contribution in [0.15, 0.2) is 54.1 Å². The highest BCUT2D eigenvalue weighted by molar-refractivity contribution is 7.99. The Kier molecular flexibility index (Phi) is 10.8. The Morgan fingerprint density at radius 1 is 0.784 bits per heavy atom. The van der Waals surface area contributed by atoms with Gasteiger partial charge in [-0.2, -0.15) is 11.8 Å². The normalized spacial score (nSPS) is 12.8. The van der Waals surface area contributed by atoms with E-state index in [1.807, 2.05) is 42.1 Å². The zero-order chi connectivity index (χ0) is 25.7. The molecule has 0 spiro atoms. The molecule has 1 aliphatic carbocycles. The summed E-state index contributed by atoms with van der Waals surface area (Å²) in [5.74, 6) is 1.74. The minimum absolute atomic E-state index is 0.0271. The van der Waals surface area contributed by atoms with E-state index in [-0.39, 0.29) is 11.8 Å². The van der Waals surface area contributed by atoms with Crippen LogP contribution in [0, 0.1) is 0 Å². The molecule has 2 aromatic heterocycles. The summed E-state index contributed by atoms with van der Waals surface area (Å²) in [7, 11) is 0. The summed E-state index contributed by atoms with van der Waals surface area (Å²) in [6.07, 6.45) is 12.5. The Balaban J connectivity index is 1.07. The lowest BCUT2D eigenvalue weighted by atomic mass is 10.0. The summed E-state index contributed by atoms with van der Waals surface area (Å²) >= 11 is 4.67. The SMILES string of the molecule is O=C(CCC1=CCCC=C1)Nc1nnc(CCSCCc2nnc(NC(=O)CCc3ccccc3)s2)s1. The second kappa shape index (κ2) is 14.7. The Bertz CT molecular complexity index is 1220. The monoisotopic (exact) mass is 554 g/mol. The summed E-state index contributed by atoms with van der Waals surface area (Å²) in [5.41, 5.74) is 2.37. The van der Waals surface area contributed by atoms with Gasteiger partial charge in [-0.3, -0.25) is 9.59 Å². The van der Waals surface area contributed by atoms with Gasteiger partial charge >= 0.3 is 0 Å². The fraction of sp³-hybridized carbons (Fsp3) is 0.385. The van der Waals surface area contributed by atoms with Gasteiger partial charge in [-0.15, -0.1) is 20.4 Å². The third-order valence-electron chi connectivity index (χ3n) is 5.54. The molecule has 2 N–H and O–H groups in total. The quantitative estimate of drug-likeness (QED) is 0.254. The van der Waals surface area contributed by atoms with Crippen LogP contribution >= 0.6 is 34.4 Å². The summed E-state index contributed by atoms with van der Waals surface area (Å²) in [6.45, 7) is 0. The number of nitrogens with zero attached hydrogens (tertiary/aromatic N) is 4. The highest BCUT2D eigenvalue weighted by atomic mass is 32.2. The number of rotatable bonds is 14. The molecule has 37 heavy (non-hydrogen) atoms. The number of benzene rings is 1. The van der Waals surface area contributed by atoms with E-state index in [0.717, 1.165) is 59.2 Å². The van der Waals surface area contributed by atoms with E-state index in [1.54, 1.807) is 0 Å². The van der Waals surface area contributed by atoms with Crippen LogP contribution in [0.3, 0.4) is 0 Å². The van der Waals surface area contributed by atoms with Gasteiger partial charge in [-0.05, 0) is 42.8 Å². The number of allylic oxidation sites excluding steroid dienone is 4. The number of amides is 2. The van der Waals surface area contributed by atoms with Gasteiger partial charge in [0, 0.05) is 25.7 Å². The highest BCUT2D eigenvalue weighted by Crippen LogP contribution is 2.21. The van der Waals surface area contributed by atoms with Crippen LogP contribution in [0.5, 0.6) is 0 Å². The molecular formula is C26H30N6O2S3. The fourth-order valence-corrected chi connectivity index (χ4v) is 6.26. The number of carbonyl (C=O) groups excluding carboxylic acids is 2. The van der Waals surface area contributed by atoms with Crippen molar-refractivity contribution in [2.24, 2.45) is 0 Å². The van der Waals surface area contributed by atoms with Crippen LogP contribution < -0.4 is 10.6 Å². The van der Waals surface area contributed by atoms with E-state index in [9.17, 15) is 9.59 Å². The molecule has 2 amide bonds. The lowest BCUT2D eigenvalue weighted by Crippen LogP contribution is -2.12. The van der Waals surface area contributed by atoms with Crippen molar-refractivity contribution in [2.75, 3.05) is 22.1 Å². The molecule has 0 saturated carbocycles. The number of nitrogens with one attached hydrogen (secondary N) is 2. The smallest absolute Gasteiger partial charge is 0.226 e. The van der Waals surface area contributed by atoms with Crippen molar-refractivity contribution in [1.29, 1.82) is 0 Å². The number of carbonyl (C=O) groups is 2. The van der Waals surface area contributed by atoms with E-state index in [1.165, 1.54) is 28.2 Å². The van der Waals surface area contributed by atoms with Crippen LogP contribution in [0.1, 0.15) is 47.7 Å². The molecular weight excluding hydrogens is 525 g/mol. The Hall–Kier alpha value is -2.89. The second-order valence-corrected chi connectivity index (χ2v) is 11.8. The molecule has 1 aliphatic rings. The van der Waals surface area contributed by atoms with Gasteiger partial charge in [0.05, 0.1) is 0 Å². The molecule has 194 valence electrons. The molecule has 0 fully saturated rings. The first-order valence-electron chi connectivity index (χ1n) is 12.4. The molecule has 0 atom stereocenters. The van der Waals surface area contributed by atoms with E-state index in [4.69, 9.17) is 0 Å². The van der Waals surface area contributed by atoms with Crippen molar-refractivity contribution < 1.29 is 9.59 Å². The molecule has 0 aliphatic heterocycles. The van der Waals surface area contributed by atoms with Gasteiger partial charge in [-0.1, -0.05) is 76.8 Å². The van der Waals surface area contributed by atoms with E-state index < -0.39 is 0 Å². The van der Waals surface area contributed by atoms with E-state index in [2.05, 4.69) is 49.3 Å². The molecule has 2 heterocycles. The van der Waals surface area contributed by atoms with Crippen molar-refractivity contribution >= 4 is 56.5 Å². The fourth-order valence-electron chi connectivity index (χ4n) is 3.61. The van der Waals surface area contributed by atoms with E-state index >= 15 is 0 Å². The van der Waals surface area contributed by atoms with Gasteiger partial charge in [0.15, 0.2) is 0 Å². The van der Waals surface area contributed by atoms with E-state index in [0.29, 0.717) is 29.5 Å². The average Bonchev–Trinajstić information content (AvgIpc) is 3.56. The number of aryl methyl sites for hydroxylation is 3. The minimum Gasteiger partial charge on any atom is -0.301 e. The molecule has 4 rings (SSSR count). The Morgan fingerprint density at radius 3 is 2.00 bits per heavy atom. The van der Waals surface area contributed by atoms with Crippen LogP contribution in [-0.2, 0) is 28.9 Å². The van der Waals surface area contributed by atoms with Crippen molar-refractivity contribution in [1.82, 2.24) is 20.4 Å². The van der Waals surface area contributed by atoms with Crippen LogP contribution in [0.4, 0.5) is 10.3 Å². The van der Waals surface area contributed by atoms with Gasteiger partial charge in [0.25, 0.3) is 0 Å². The standard InChI is InChI=1S/C26H30N6O2S3/c33-21(13-11-19-7-3-1-4-8-19)27-25-31-29-23(36-25)15-17-35-18-16-24-30-32-26(37-24)28-22(34)14-12-20-9-5-2-6-10-20/h1,3-5,7-10H,2,6,11-18H2,(H,27,31,33)(H,28,32,34). The molecule has 0 radical (unpaired) electrons. The topological polar surface area (TPSA) is 110 Å². The van der Waals surface area contributed by atoms with Gasteiger partial charge in [0.1, 0.15) is 10.0 Å².